The predicted octanol–water partition coefficient (Wildman–Crippen LogP) is 3.34. The normalized spacial score (nSPS) is 17.1. The van der Waals surface area contributed by atoms with E-state index < -0.39 is 0 Å². The first-order valence-corrected chi connectivity index (χ1v) is 9.95. The molecule has 1 amide bonds. The third-order valence-corrected chi connectivity index (χ3v) is 6.14. The van der Waals surface area contributed by atoms with E-state index in [4.69, 9.17) is 0 Å². The molecule has 1 aliphatic heterocycles. The molecule has 0 aromatic carbocycles. The van der Waals surface area contributed by atoms with Crippen LogP contribution >= 0.6 is 22.7 Å². The van der Waals surface area contributed by atoms with Gasteiger partial charge in [-0.3, -0.25) is 9.59 Å². The van der Waals surface area contributed by atoms with Gasteiger partial charge in [-0.15, -0.1) is 22.7 Å². The Morgan fingerprint density at radius 2 is 2.00 bits per heavy atom. The van der Waals surface area contributed by atoms with E-state index in [1.54, 1.807) is 23.5 Å². The van der Waals surface area contributed by atoms with Crippen molar-refractivity contribution >= 4 is 28.6 Å². The van der Waals surface area contributed by atoms with E-state index in [1.807, 2.05) is 39.9 Å². The third kappa shape index (κ3) is 3.29. The number of amides is 1. The van der Waals surface area contributed by atoms with Gasteiger partial charge in [0.2, 0.25) is 0 Å². The Kier molecular flexibility index (Phi) is 4.50. The lowest BCUT2D eigenvalue weighted by atomic mass is 10.2. The van der Waals surface area contributed by atoms with Crippen LogP contribution < -0.4 is 5.56 Å². The second-order valence-electron chi connectivity index (χ2n) is 5.99. The van der Waals surface area contributed by atoms with E-state index in [9.17, 15) is 9.59 Å². The van der Waals surface area contributed by atoms with E-state index in [0.717, 1.165) is 34.8 Å². The van der Waals surface area contributed by atoms with Crippen molar-refractivity contribution in [3.05, 3.63) is 62.4 Å². The number of carbonyl (C=O) groups is 1. The Labute approximate surface area is 153 Å². The zero-order valence-corrected chi connectivity index (χ0v) is 15.1. The number of carbonyl (C=O) groups excluding carboxylic acids is 1. The van der Waals surface area contributed by atoms with Gasteiger partial charge < -0.3 is 4.90 Å². The number of aromatic nitrogens is 2. The van der Waals surface area contributed by atoms with Crippen LogP contribution in [0.3, 0.4) is 0 Å². The molecule has 0 aliphatic carbocycles. The van der Waals surface area contributed by atoms with E-state index in [1.165, 1.54) is 16.0 Å². The van der Waals surface area contributed by atoms with Crippen molar-refractivity contribution < 1.29 is 4.79 Å². The topological polar surface area (TPSA) is 55.2 Å². The molecule has 0 bridgehead atoms. The molecule has 25 heavy (non-hydrogen) atoms. The second kappa shape index (κ2) is 6.93. The minimum Gasteiger partial charge on any atom is -0.333 e. The maximum absolute atomic E-state index is 12.7. The van der Waals surface area contributed by atoms with Crippen molar-refractivity contribution in [2.75, 3.05) is 6.54 Å². The molecule has 0 spiro atoms. The number of thiophene rings is 2. The predicted molar refractivity (Wildman–Crippen MR) is 100 cm³/mol. The van der Waals surface area contributed by atoms with Crippen LogP contribution in [-0.4, -0.2) is 33.2 Å². The maximum atomic E-state index is 12.7. The van der Waals surface area contributed by atoms with Crippen molar-refractivity contribution in [1.82, 2.24) is 14.7 Å². The third-order valence-electron chi connectivity index (χ3n) is 4.39. The van der Waals surface area contributed by atoms with E-state index in [0.29, 0.717) is 6.54 Å². The summed E-state index contributed by atoms with van der Waals surface area (Å²) in [4.78, 5) is 28.6. The summed E-state index contributed by atoms with van der Waals surface area (Å²) in [7, 11) is 0. The van der Waals surface area contributed by atoms with Gasteiger partial charge in [-0.05, 0) is 41.8 Å². The fourth-order valence-electron chi connectivity index (χ4n) is 3.17. The molecule has 7 heteroatoms. The molecular weight excluding hydrogens is 354 g/mol. The molecular formula is C18H17N3O2S2. The van der Waals surface area contributed by atoms with E-state index >= 15 is 0 Å². The molecule has 0 N–H and O–H groups in total. The number of hydrogen-bond acceptors (Lipinski definition) is 5. The lowest BCUT2D eigenvalue weighted by Gasteiger charge is -2.24. The summed E-state index contributed by atoms with van der Waals surface area (Å²) in [6.07, 6.45) is 1.86. The molecule has 4 rings (SSSR count). The summed E-state index contributed by atoms with van der Waals surface area (Å²) in [6, 6.07) is 11.0. The number of nitrogens with zero attached hydrogens (tertiary/aromatic N) is 3. The molecule has 0 radical (unpaired) electrons. The van der Waals surface area contributed by atoms with Crippen LogP contribution in [0, 0.1) is 0 Å². The van der Waals surface area contributed by atoms with Gasteiger partial charge in [0.1, 0.15) is 5.69 Å². The van der Waals surface area contributed by atoms with Gasteiger partial charge in [0.25, 0.3) is 11.5 Å². The second-order valence-corrected chi connectivity index (χ2v) is 7.88. The highest BCUT2D eigenvalue weighted by Crippen LogP contribution is 2.24. The van der Waals surface area contributed by atoms with Gasteiger partial charge in [0.05, 0.1) is 22.3 Å². The first-order chi connectivity index (χ1) is 12.2. The van der Waals surface area contributed by atoms with Crippen molar-refractivity contribution in [3.63, 3.8) is 0 Å². The first-order valence-electron chi connectivity index (χ1n) is 8.19. The van der Waals surface area contributed by atoms with Crippen LogP contribution in [0.5, 0.6) is 0 Å². The molecule has 0 unspecified atom stereocenters. The fraction of sp³-hybridized carbons (Fsp3) is 0.278. The quantitative estimate of drug-likeness (QED) is 0.707. The lowest BCUT2D eigenvalue weighted by Crippen LogP contribution is -2.40. The minimum absolute atomic E-state index is 0.0124. The average molecular weight is 371 g/mol. The molecule has 1 atom stereocenters. The smallest absolute Gasteiger partial charge is 0.266 e. The van der Waals surface area contributed by atoms with Gasteiger partial charge in [0, 0.05) is 12.6 Å². The van der Waals surface area contributed by atoms with Crippen LogP contribution in [0.1, 0.15) is 22.5 Å². The van der Waals surface area contributed by atoms with Crippen LogP contribution in [0.25, 0.3) is 10.6 Å². The van der Waals surface area contributed by atoms with Crippen LogP contribution in [0.15, 0.2) is 52.0 Å². The van der Waals surface area contributed by atoms with Crippen LogP contribution in [-0.2, 0) is 6.54 Å². The molecule has 3 aromatic heterocycles. The molecule has 1 aliphatic rings. The summed E-state index contributed by atoms with van der Waals surface area (Å²) >= 11 is 3.05. The Morgan fingerprint density at radius 3 is 2.76 bits per heavy atom. The molecule has 5 nitrogen and oxygen atoms in total. The van der Waals surface area contributed by atoms with Gasteiger partial charge in [0.15, 0.2) is 0 Å². The summed E-state index contributed by atoms with van der Waals surface area (Å²) in [5, 5.41) is 8.42. The lowest BCUT2D eigenvalue weighted by molar-refractivity contribution is 0.0725. The van der Waals surface area contributed by atoms with Gasteiger partial charge >= 0.3 is 0 Å². The zero-order valence-electron chi connectivity index (χ0n) is 13.5. The summed E-state index contributed by atoms with van der Waals surface area (Å²) < 4.78 is 1.50. The first kappa shape index (κ1) is 16.2. The van der Waals surface area contributed by atoms with Crippen molar-refractivity contribution in [3.8, 4) is 10.6 Å². The summed E-state index contributed by atoms with van der Waals surface area (Å²) in [5.74, 6) is 0.0555. The van der Waals surface area contributed by atoms with Gasteiger partial charge in [-0.1, -0.05) is 12.1 Å². The maximum Gasteiger partial charge on any atom is 0.266 e. The molecule has 1 saturated heterocycles. The molecule has 4 heterocycles. The molecule has 128 valence electrons. The Bertz CT molecular complexity index is 916. The number of hydrogen-bond donors (Lipinski definition) is 0. The highest BCUT2D eigenvalue weighted by Gasteiger charge is 2.30. The molecule has 1 fully saturated rings. The summed E-state index contributed by atoms with van der Waals surface area (Å²) in [5.41, 5.74) is 0.666. The van der Waals surface area contributed by atoms with Gasteiger partial charge in [-0.25, -0.2) is 4.68 Å². The Hall–Kier alpha value is -2.25. The number of rotatable bonds is 4. The van der Waals surface area contributed by atoms with Crippen molar-refractivity contribution in [2.45, 2.75) is 25.4 Å². The average Bonchev–Trinajstić information content (AvgIpc) is 3.38. The standard InChI is InChI=1S/C18H17N3O2S2/c22-17-8-7-14(15-5-2-10-24-15)19-21(17)12-13-4-1-9-20(13)18(23)16-6-3-11-25-16/h2-3,5-8,10-11,13H,1,4,9,12H2/t13-/m1/s1. The fourth-order valence-corrected chi connectivity index (χ4v) is 4.54. The van der Waals surface area contributed by atoms with E-state index in [2.05, 4.69) is 5.10 Å². The van der Waals surface area contributed by atoms with Crippen LogP contribution in [0.2, 0.25) is 0 Å². The van der Waals surface area contributed by atoms with E-state index in [-0.39, 0.29) is 17.5 Å². The largest absolute Gasteiger partial charge is 0.333 e. The number of likely N-dealkylation sites (tertiary alicyclic amines) is 1. The summed E-state index contributed by atoms with van der Waals surface area (Å²) in [6.45, 7) is 1.18. The SMILES string of the molecule is O=C(c1cccs1)N1CCC[C@@H]1Cn1nc(-c2cccs2)ccc1=O. The molecule has 3 aromatic rings. The zero-order chi connectivity index (χ0) is 17.2. The Morgan fingerprint density at radius 1 is 1.16 bits per heavy atom. The van der Waals surface area contributed by atoms with Crippen LogP contribution in [0.4, 0.5) is 0 Å². The monoisotopic (exact) mass is 371 g/mol. The van der Waals surface area contributed by atoms with Gasteiger partial charge in [-0.2, -0.15) is 5.10 Å². The minimum atomic E-state index is -0.129. The van der Waals surface area contributed by atoms with Crippen molar-refractivity contribution in [1.29, 1.82) is 0 Å². The highest BCUT2D eigenvalue weighted by molar-refractivity contribution is 7.13. The van der Waals surface area contributed by atoms with Crippen molar-refractivity contribution in [2.24, 2.45) is 0 Å². The molecule has 0 saturated carbocycles. The highest BCUT2D eigenvalue weighted by atomic mass is 32.1. The Balaban J connectivity index is 1.58.